The molecule has 88 valence electrons. The molecule has 1 fully saturated rings. The Morgan fingerprint density at radius 1 is 1.25 bits per heavy atom. The molecule has 0 aromatic carbocycles. The van der Waals surface area contributed by atoms with Gasteiger partial charge in [0.15, 0.2) is 6.61 Å². The highest BCUT2D eigenvalue weighted by molar-refractivity contribution is 5.78. The van der Waals surface area contributed by atoms with Crippen molar-refractivity contribution in [2.75, 3.05) is 13.2 Å². The van der Waals surface area contributed by atoms with Gasteiger partial charge >= 0.3 is 11.9 Å². The van der Waals surface area contributed by atoms with Crippen LogP contribution in [0.15, 0.2) is 12.2 Å². The van der Waals surface area contributed by atoms with Gasteiger partial charge in [-0.05, 0) is 31.6 Å². The van der Waals surface area contributed by atoms with E-state index >= 15 is 0 Å². The quantitative estimate of drug-likeness (QED) is 0.533. The molecule has 0 spiro atoms. The summed E-state index contributed by atoms with van der Waals surface area (Å²) in [6.45, 7) is 1.78. The van der Waals surface area contributed by atoms with Gasteiger partial charge in [-0.2, -0.15) is 0 Å². The zero-order valence-electron chi connectivity index (χ0n) is 9.35. The number of fused-ring (bicyclic) bond motifs is 2. The summed E-state index contributed by atoms with van der Waals surface area (Å²) in [6, 6.07) is 0. The van der Waals surface area contributed by atoms with Crippen molar-refractivity contribution < 1.29 is 19.1 Å². The molecule has 3 atom stereocenters. The van der Waals surface area contributed by atoms with Crippen molar-refractivity contribution in [2.24, 2.45) is 17.8 Å². The van der Waals surface area contributed by atoms with Crippen molar-refractivity contribution in [2.45, 2.75) is 19.8 Å². The van der Waals surface area contributed by atoms with Gasteiger partial charge < -0.3 is 9.47 Å². The minimum absolute atomic E-state index is 0.0515. The van der Waals surface area contributed by atoms with E-state index in [0.29, 0.717) is 18.4 Å². The van der Waals surface area contributed by atoms with Crippen LogP contribution in [0.4, 0.5) is 0 Å². The molecule has 0 aromatic heterocycles. The van der Waals surface area contributed by atoms with Gasteiger partial charge in [0.1, 0.15) is 0 Å². The van der Waals surface area contributed by atoms with Crippen LogP contribution in [0.3, 0.4) is 0 Å². The summed E-state index contributed by atoms with van der Waals surface area (Å²) < 4.78 is 9.63. The molecular weight excluding hydrogens is 208 g/mol. The van der Waals surface area contributed by atoms with Crippen molar-refractivity contribution in [3.05, 3.63) is 12.2 Å². The van der Waals surface area contributed by atoms with Gasteiger partial charge in [-0.15, -0.1) is 0 Å². The molecule has 1 saturated carbocycles. The molecule has 4 heteroatoms. The van der Waals surface area contributed by atoms with Crippen LogP contribution in [0.5, 0.6) is 0 Å². The molecule has 0 aromatic rings. The van der Waals surface area contributed by atoms with Crippen LogP contribution in [0.25, 0.3) is 0 Å². The first-order valence-corrected chi connectivity index (χ1v) is 5.71. The lowest BCUT2D eigenvalue weighted by atomic mass is 9.94. The Balaban J connectivity index is 1.76. The second kappa shape index (κ2) is 4.68. The Bertz CT molecular complexity index is 321. The van der Waals surface area contributed by atoms with Gasteiger partial charge in [-0.25, -0.2) is 4.79 Å². The van der Waals surface area contributed by atoms with Crippen molar-refractivity contribution in [3.63, 3.8) is 0 Å². The van der Waals surface area contributed by atoms with E-state index in [2.05, 4.69) is 16.9 Å². The summed E-state index contributed by atoms with van der Waals surface area (Å²) in [6.07, 6.45) is 6.17. The Morgan fingerprint density at radius 3 is 2.62 bits per heavy atom. The highest BCUT2D eigenvalue weighted by atomic mass is 16.6. The number of hydrogen-bond acceptors (Lipinski definition) is 4. The van der Waals surface area contributed by atoms with E-state index in [4.69, 9.17) is 4.74 Å². The van der Waals surface area contributed by atoms with Crippen molar-refractivity contribution in [1.82, 2.24) is 0 Å². The van der Waals surface area contributed by atoms with E-state index in [0.717, 1.165) is 12.8 Å². The predicted molar refractivity (Wildman–Crippen MR) is 56.4 cm³/mol. The number of hydrogen-bond donors (Lipinski definition) is 0. The van der Waals surface area contributed by atoms with Crippen LogP contribution in [0, 0.1) is 17.8 Å². The highest BCUT2D eigenvalue weighted by Gasteiger charge is 2.40. The molecule has 2 aliphatic rings. The van der Waals surface area contributed by atoms with E-state index in [1.54, 1.807) is 6.92 Å². The maximum Gasteiger partial charge on any atom is 0.344 e. The van der Waals surface area contributed by atoms with E-state index in [-0.39, 0.29) is 18.5 Å². The van der Waals surface area contributed by atoms with Crippen LogP contribution >= 0.6 is 0 Å². The first-order chi connectivity index (χ1) is 7.70. The Hall–Kier alpha value is -1.32. The molecule has 0 heterocycles. The lowest BCUT2D eigenvalue weighted by Gasteiger charge is -2.16. The third kappa shape index (κ3) is 2.26. The molecule has 2 bridgehead atoms. The Morgan fingerprint density at radius 2 is 2.06 bits per heavy atom. The molecule has 4 nitrogen and oxygen atoms in total. The van der Waals surface area contributed by atoms with E-state index in [1.165, 1.54) is 0 Å². The van der Waals surface area contributed by atoms with Gasteiger partial charge in [0.25, 0.3) is 0 Å². The SMILES string of the molecule is CCOC(=O)COC(=O)C1CC2C=CC1C2. The zero-order valence-corrected chi connectivity index (χ0v) is 9.35. The minimum Gasteiger partial charge on any atom is -0.463 e. The monoisotopic (exact) mass is 224 g/mol. The van der Waals surface area contributed by atoms with Crippen molar-refractivity contribution in [3.8, 4) is 0 Å². The maximum atomic E-state index is 11.7. The number of esters is 2. The third-order valence-corrected chi connectivity index (χ3v) is 3.22. The van der Waals surface area contributed by atoms with Gasteiger partial charge in [0.2, 0.25) is 0 Å². The topological polar surface area (TPSA) is 52.6 Å². The number of rotatable bonds is 4. The highest BCUT2D eigenvalue weighted by Crippen LogP contribution is 2.43. The first kappa shape index (κ1) is 11.2. The summed E-state index contributed by atoms with van der Waals surface area (Å²) in [7, 11) is 0. The van der Waals surface area contributed by atoms with E-state index in [1.807, 2.05) is 0 Å². The van der Waals surface area contributed by atoms with Gasteiger partial charge in [0, 0.05) is 0 Å². The smallest absolute Gasteiger partial charge is 0.344 e. The molecule has 0 aliphatic heterocycles. The van der Waals surface area contributed by atoms with Gasteiger partial charge in [-0.1, -0.05) is 12.2 Å². The molecule has 16 heavy (non-hydrogen) atoms. The number of allylic oxidation sites excluding steroid dienone is 2. The van der Waals surface area contributed by atoms with Gasteiger partial charge in [-0.3, -0.25) is 4.79 Å². The van der Waals surface area contributed by atoms with Crippen molar-refractivity contribution >= 4 is 11.9 Å². The summed E-state index contributed by atoms with van der Waals surface area (Å²) in [5, 5.41) is 0. The molecular formula is C12H16O4. The minimum atomic E-state index is -0.477. The maximum absolute atomic E-state index is 11.7. The average Bonchev–Trinajstić information content (AvgIpc) is 2.88. The molecule has 0 radical (unpaired) electrons. The van der Waals surface area contributed by atoms with Crippen LogP contribution < -0.4 is 0 Å². The second-order valence-electron chi connectivity index (χ2n) is 4.30. The van der Waals surface area contributed by atoms with Crippen LogP contribution in [-0.2, 0) is 19.1 Å². The van der Waals surface area contributed by atoms with Crippen LogP contribution in [0.1, 0.15) is 19.8 Å². The lowest BCUT2D eigenvalue weighted by Crippen LogP contribution is -2.25. The molecule has 2 rings (SSSR count). The third-order valence-electron chi connectivity index (χ3n) is 3.22. The Kier molecular flexibility index (Phi) is 3.27. The number of carbonyl (C=O) groups is 2. The fourth-order valence-corrected chi connectivity index (χ4v) is 2.49. The van der Waals surface area contributed by atoms with Crippen LogP contribution in [0.2, 0.25) is 0 Å². The molecule has 3 unspecified atom stereocenters. The van der Waals surface area contributed by atoms with E-state index < -0.39 is 5.97 Å². The fraction of sp³-hybridized carbons (Fsp3) is 0.667. The number of ether oxygens (including phenoxy) is 2. The summed E-state index contributed by atoms with van der Waals surface area (Å²) >= 11 is 0. The number of carbonyl (C=O) groups excluding carboxylic acids is 2. The van der Waals surface area contributed by atoms with Crippen LogP contribution in [-0.4, -0.2) is 25.2 Å². The molecule has 0 N–H and O–H groups in total. The molecule has 0 amide bonds. The Labute approximate surface area is 94.6 Å². The average molecular weight is 224 g/mol. The summed E-state index contributed by atoms with van der Waals surface area (Å²) in [5.74, 6) is 0.0636. The second-order valence-corrected chi connectivity index (χ2v) is 4.30. The van der Waals surface area contributed by atoms with Gasteiger partial charge in [0.05, 0.1) is 12.5 Å². The predicted octanol–water partition coefficient (Wildman–Crippen LogP) is 1.30. The van der Waals surface area contributed by atoms with E-state index in [9.17, 15) is 9.59 Å². The zero-order chi connectivity index (χ0) is 11.5. The normalized spacial score (nSPS) is 30.4. The standard InChI is InChI=1S/C12H16O4/c1-2-15-11(13)7-16-12(14)10-6-8-3-4-9(10)5-8/h3-4,8-10H,2,5-7H2,1H3. The fourth-order valence-electron chi connectivity index (χ4n) is 2.49. The lowest BCUT2D eigenvalue weighted by molar-refractivity contribution is -0.161. The first-order valence-electron chi connectivity index (χ1n) is 5.71. The van der Waals surface area contributed by atoms with Crippen molar-refractivity contribution in [1.29, 1.82) is 0 Å². The molecule has 2 aliphatic carbocycles. The molecule has 0 saturated heterocycles. The summed E-state index contributed by atoms with van der Waals surface area (Å²) in [4.78, 5) is 22.7. The summed E-state index contributed by atoms with van der Waals surface area (Å²) in [5.41, 5.74) is 0. The largest absolute Gasteiger partial charge is 0.463 e.